The van der Waals surface area contributed by atoms with Crippen molar-refractivity contribution in [1.82, 2.24) is 9.21 Å². The molecule has 1 unspecified atom stereocenters. The van der Waals surface area contributed by atoms with Crippen molar-refractivity contribution >= 4 is 38.0 Å². The van der Waals surface area contributed by atoms with Gasteiger partial charge in [-0.3, -0.25) is 4.79 Å². The third-order valence-electron chi connectivity index (χ3n) is 3.73. The number of nitrogens with zero attached hydrogens (tertiary/aromatic N) is 2. The van der Waals surface area contributed by atoms with Gasteiger partial charge in [0.2, 0.25) is 10.0 Å². The molecular formula is C13H13BrN2O5S. The van der Waals surface area contributed by atoms with Crippen LogP contribution in [-0.2, 0) is 19.6 Å². The number of rotatable bonds is 3. The Labute approximate surface area is 136 Å². The molecule has 118 valence electrons. The van der Waals surface area contributed by atoms with Gasteiger partial charge in [0.25, 0.3) is 5.91 Å². The van der Waals surface area contributed by atoms with E-state index in [0.717, 1.165) is 9.37 Å². The van der Waals surface area contributed by atoms with Gasteiger partial charge in [0.05, 0.1) is 10.9 Å². The zero-order valence-electron chi connectivity index (χ0n) is 11.4. The Morgan fingerprint density at radius 1 is 1.18 bits per heavy atom. The molecule has 1 aromatic rings. The Hall–Kier alpha value is -1.45. The Kier molecular flexibility index (Phi) is 3.96. The van der Waals surface area contributed by atoms with Crippen molar-refractivity contribution in [2.45, 2.75) is 17.4 Å². The number of carbonyl (C=O) groups excluding carboxylic acids is 2. The molecule has 0 radical (unpaired) electrons. The molecule has 7 nitrogen and oxygen atoms in total. The maximum absolute atomic E-state index is 12.6. The number of amides is 2. The van der Waals surface area contributed by atoms with Crippen LogP contribution in [-0.4, -0.2) is 55.4 Å². The first-order chi connectivity index (χ1) is 10.4. The van der Waals surface area contributed by atoms with E-state index in [2.05, 4.69) is 20.7 Å². The summed E-state index contributed by atoms with van der Waals surface area (Å²) in [6, 6.07) is 5.88. The number of carbonyl (C=O) groups is 2. The van der Waals surface area contributed by atoms with Gasteiger partial charge >= 0.3 is 6.09 Å². The molecule has 2 heterocycles. The first-order valence-corrected chi connectivity index (χ1v) is 8.87. The van der Waals surface area contributed by atoms with Crippen LogP contribution < -0.4 is 0 Å². The predicted octanol–water partition coefficient (Wildman–Crippen LogP) is 1.19. The van der Waals surface area contributed by atoms with E-state index in [0.29, 0.717) is 6.42 Å². The van der Waals surface area contributed by atoms with E-state index in [9.17, 15) is 18.0 Å². The highest BCUT2D eigenvalue weighted by Gasteiger charge is 2.43. The number of halogens is 1. The van der Waals surface area contributed by atoms with Crippen LogP contribution in [0.4, 0.5) is 4.79 Å². The summed E-state index contributed by atoms with van der Waals surface area (Å²) in [5.41, 5.74) is 0. The predicted molar refractivity (Wildman–Crippen MR) is 79.5 cm³/mol. The van der Waals surface area contributed by atoms with Crippen LogP contribution in [0.15, 0.2) is 33.6 Å². The lowest BCUT2D eigenvalue weighted by atomic mass is 10.2. The smallest absolute Gasteiger partial charge is 0.417 e. The topological polar surface area (TPSA) is 84.0 Å². The van der Waals surface area contributed by atoms with Crippen molar-refractivity contribution in [2.75, 3.05) is 19.7 Å². The number of imide groups is 1. The number of sulfonamides is 1. The first kappa shape index (κ1) is 15.4. The minimum absolute atomic E-state index is 0.0965. The Balaban J connectivity index is 1.78. The fourth-order valence-corrected chi connectivity index (χ4v) is 4.37. The van der Waals surface area contributed by atoms with Crippen LogP contribution in [0.3, 0.4) is 0 Å². The largest absolute Gasteiger partial charge is 0.439 e. The van der Waals surface area contributed by atoms with Gasteiger partial charge in [-0.2, -0.15) is 4.31 Å². The molecule has 0 saturated carbocycles. The molecule has 2 amide bonds. The minimum Gasteiger partial charge on any atom is -0.439 e. The van der Waals surface area contributed by atoms with Crippen LogP contribution in [0.1, 0.15) is 6.42 Å². The van der Waals surface area contributed by atoms with E-state index in [1.807, 2.05) is 0 Å². The number of ether oxygens (including phenoxy) is 1. The lowest BCUT2D eigenvalue weighted by Crippen LogP contribution is -2.42. The van der Waals surface area contributed by atoms with Gasteiger partial charge < -0.3 is 4.74 Å². The molecule has 2 fully saturated rings. The zero-order valence-corrected chi connectivity index (χ0v) is 13.8. The Bertz CT molecular complexity index is 702. The van der Waals surface area contributed by atoms with Crippen molar-refractivity contribution < 1.29 is 22.7 Å². The lowest BCUT2D eigenvalue weighted by molar-refractivity contribution is -0.127. The number of cyclic esters (lactones) is 1. The van der Waals surface area contributed by atoms with E-state index >= 15 is 0 Å². The summed E-state index contributed by atoms with van der Waals surface area (Å²) in [5, 5.41) is 0. The summed E-state index contributed by atoms with van der Waals surface area (Å²) in [7, 11) is -3.63. The molecule has 0 spiro atoms. The van der Waals surface area contributed by atoms with Crippen LogP contribution in [0.25, 0.3) is 0 Å². The number of benzene rings is 1. The van der Waals surface area contributed by atoms with Gasteiger partial charge in [0, 0.05) is 17.6 Å². The van der Waals surface area contributed by atoms with Gasteiger partial charge in [-0.1, -0.05) is 15.9 Å². The van der Waals surface area contributed by atoms with Crippen molar-refractivity contribution in [3.8, 4) is 0 Å². The van der Waals surface area contributed by atoms with Crippen molar-refractivity contribution in [3.05, 3.63) is 28.7 Å². The highest BCUT2D eigenvalue weighted by atomic mass is 79.9. The van der Waals surface area contributed by atoms with E-state index in [1.54, 1.807) is 12.1 Å². The molecule has 2 saturated heterocycles. The zero-order chi connectivity index (χ0) is 15.9. The maximum Gasteiger partial charge on any atom is 0.417 e. The highest BCUT2D eigenvalue weighted by molar-refractivity contribution is 9.10. The van der Waals surface area contributed by atoms with E-state index in [-0.39, 0.29) is 24.6 Å². The molecule has 9 heteroatoms. The van der Waals surface area contributed by atoms with Crippen LogP contribution in [0, 0.1) is 0 Å². The van der Waals surface area contributed by atoms with E-state index in [4.69, 9.17) is 0 Å². The van der Waals surface area contributed by atoms with Crippen LogP contribution in [0.5, 0.6) is 0 Å². The van der Waals surface area contributed by atoms with Gasteiger partial charge in [-0.25, -0.2) is 18.1 Å². The van der Waals surface area contributed by atoms with Crippen molar-refractivity contribution in [2.24, 2.45) is 0 Å². The summed E-state index contributed by atoms with van der Waals surface area (Å²) >= 11 is 3.26. The molecule has 2 aliphatic heterocycles. The molecular weight excluding hydrogens is 376 g/mol. The fourth-order valence-electron chi connectivity index (χ4n) is 2.61. The van der Waals surface area contributed by atoms with Gasteiger partial charge in [0.15, 0.2) is 6.61 Å². The third-order valence-corrected chi connectivity index (χ3v) is 6.14. The number of hydrogen-bond acceptors (Lipinski definition) is 5. The van der Waals surface area contributed by atoms with Crippen molar-refractivity contribution in [1.29, 1.82) is 0 Å². The first-order valence-electron chi connectivity index (χ1n) is 6.64. The Morgan fingerprint density at radius 2 is 1.86 bits per heavy atom. The SMILES string of the molecule is O=C1COC(=O)N1C1CCN(S(=O)(=O)c2ccc(Br)cc2)C1. The molecule has 0 bridgehead atoms. The minimum atomic E-state index is -3.63. The molecule has 22 heavy (non-hydrogen) atoms. The summed E-state index contributed by atoms with van der Waals surface area (Å²) < 4.78 is 31.9. The molecule has 1 atom stereocenters. The summed E-state index contributed by atoms with van der Waals surface area (Å²) in [4.78, 5) is 24.4. The fraction of sp³-hybridized carbons (Fsp3) is 0.385. The third kappa shape index (κ3) is 2.64. The summed E-state index contributed by atoms with van der Waals surface area (Å²) in [6.45, 7) is 0.0914. The average molecular weight is 389 g/mol. The second-order valence-corrected chi connectivity index (χ2v) is 7.93. The lowest BCUT2D eigenvalue weighted by Gasteiger charge is -2.20. The van der Waals surface area contributed by atoms with E-state index in [1.165, 1.54) is 16.4 Å². The van der Waals surface area contributed by atoms with Gasteiger partial charge in [0.1, 0.15) is 0 Å². The summed E-state index contributed by atoms with van der Waals surface area (Å²) in [6.07, 6.45) is -0.283. The van der Waals surface area contributed by atoms with Crippen LogP contribution in [0.2, 0.25) is 0 Å². The Morgan fingerprint density at radius 3 is 2.45 bits per heavy atom. The molecule has 2 aliphatic rings. The highest BCUT2D eigenvalue weighted by Crippen LogP contribution is 2.26. The maximum atomic E-state index is 12.6. The normalized spacial score (nSPS) is 23.1. The quantitative estimate of drug-likeness (QED) is 0.776. The molecule has 0 N–H and O–H groups in total. The second-order valence-electron chi connectivity index (χ2n) is 5.08. The van der Waals surface area contributed by atoms with Crippen LogP contribution >= 0.6 is 15.9 Å². The molecule has 3 rings (SSSR count). The monoisotopic (exact) mass is 388 g/mol. The molecule has 0 aromatic heterocycles. The molecule has 1 aromatic carbocycles. The standard InChI is InChI=1S/C13H13BrN2O5S/c14-9-1-3-11(4-2-9)22(19,20)15-6-5-10(7-15)16-12(17)8-21-13(16)18/h1-4,10H,5-8H2. The molecule has 0 aliphatic carbocycles. The van der Waals surface area contributed by atoms with E-state index < -0.39 is 28.1 Å². The van der Waals surface area contributed by atoms with Gasteiger partial charge in [-0.15, -0.1) is 0 Å². The van der Waals surface area contributed by atoms with Crippen molar-refractivity contribution in [3.63, 3.8) is 0 Å². The average Bonchev–Trinajstić information content (AvgIpc) is 3.07. The summed E-state index contributed by atoms with van der Waals surface area (Å²) in [5.74, 6) is -0.419. The second kappa shape index (κ2) is 5.64. The number of hydrogen-bond donors (Lipinski definition) is 0. The van der Waals surface area contributed by atoms with Gasteiger partial charge in [-0.05, 0) is 30.7 Å².